The average Bonchev–Trinajstić information content (AvgIpc) is 3.68. The lowest BCUT2D eigenvalue weighted by molar-refractivity contribution is -0.247. The minimum atomic E-state index is -7.32. The highest BCUT2D eigenvalue weighted by Gasteiger charge is 2.78. The summed E-state index contributed by atoms with van der Waals surface area (Å²) >= 11 is 0. The number of halogens is 6. The Morgan fingerprint density at radius 1 is 0.558 bits per heavy atom. The third-order valence-corrected chi connectivity index (χ3v) is 12.4. The molecule has 43 heavy (non-hydrogen) atoms. The predicted octanol–water partition coefficient (Wildman–Crippen LogP) is 4.38. The minimum Gasteiger partial charge on any atom is -0.743 e. The van der Waals surface area contributed by atoms with Crippen molar-refractivity contribution >= 4 is 52.3 Å². The largest absolute Gasteiger partial charge is 0.743 e. The van der Waals surface area contributed by atoms with Gasteiger partial charge in [-0.05, 0) is 49.9 Å². The van der Waals surface area contributed by atoms with Crippen LogP contribution in [0, 0.1) is 0 Å². The highest BCUT2D eigenvalue weighted by Crippen LogP contribution is 2.50. The molecule has 0 radical (unpaired) electrons. The fourth-order valence-corrected chi connectivity index (χ4v) is 8.89. The molecule has 0 bridgehead atoms. The molecule has 18 heteroatoms. The average molecular weight is 697 g/mol. The summed E-state index contributed by atoms with van der Waals surface area (Å²) in [6, 6.07) is 19.4. The molecule has 0 spiro atoms. The van der Waals surface area contributed by atoms with E-state index in [1.165, 1.54) is 25.7 Å². The molecule has 2 aliphatic rings. The second-order valence-corrected chi connectivity index (χ2v) is 16.2. The van der Waals surface area contributed by atoms with Gasteiger partial charge in [0.2, 0.25) is 0 Å². The Hall–Kier alpha value is -2.12. The first kappa shape index (κ1) is 37.1. The maximum atomic E-state index is 12.3. The van der Waals surface area contributed by atoms with Gasteiger partial charge in [0.15, 0.2) is 20.2 Å². The molecule has 2 fully saturated rings. The van der Waals surface area contributed by atoms with Crippen LogP contribution < -0.4 is 0 Å². The van der Waals surface area contributed by atoms with Crippen molar-refractivity contribution in [1.82, 2.24) is 0 Å². The molecule has 2 aromatic rings. The molecule has 0 amide bonds. The van der Waals surface area contributed by atoms with Crippen LogP contribution in [0.2, 0.25) is 0 Å². The van der Waals surface area contributed by atoms with E-state index in [1.54, 1.807) is 0 Å². The standard InChI is InChI=1S/2C11H13OS.C3H2F6O6S2/c2*12-11(13-8-4-5-9-13)10-6-2-1-3-7-10;4-1(5,2(6,7)16(10,11)12)3(8,9)17(13,14)15/h2*1-3,6-7H,4-5,8-9H2;(H,10,11,12)(H,13,14,15)/q2*+1;/p-2. The van der Waals surface area contributed by atoms with Crippen molar-refractivity contribution in [3.05, 3.63) is 71.8 Å². The Bertz CT molecular complexity index is 1340. The number of hydrogen-bond acceptors (Lipinski definition) is 8. The van der Waals surface area contributed by atoms with Gasteiger partial charge in [-0.25, -0.2) is 26.4 Å². The van der Waals surface area contributed by atoms with Gasteiger partial charge in [-0.3, -0.25) is 0 Å². The zero-order valence-corrected chi connectivity index (χ0v) is 25.4. The molecular weight excluding hydrogens is 671 g/mol. The van der Waals surface area contributed by atoms with Crippen molar-refractivity contribution in [3.63, 3.8) is 0 Å². The summed E-state index contributed by atoms with van der Waals surface area (Å²) < 4.78 is 131. The molecule has 0 N–H and O–H groups in total. The Labute approximate surface area is 250 Å². The quantitative estimate of drug-likeness (QED) is 0.246. The maximum absolute atomic E-state index is 12.3. The van der Waals surface area contributed by atoms with E-state index in [1.807, 2.05) is 60.7 Å². The van der Waals surface area contributed by atoms with Crippen molar-refractivity contribution < 1.29 is 61.9 Å². The summed E-state index contributed by atoms with van der Waals surface area (Å²) in [7, 11) is -14.6. The molecular formula is C25H26F6O8S4. The lowest BCUT2D eigenvalue weighted by atomic mass is 10.2. The topological polar surface area (TPSA) is 149 Å². The maximum Gasteiger partial charge on any atom is 0.403 e. The number of carbonyl (C=O) groups excluding carboxylic acids is 2. The molecule has 2 aromatic carbocycles. The Morgan fingerprint density at radius 2 is 0.814 bits per heavy atom. The lowest BCUT2D eigenvalue weighted by Gasteiger charge is -2.34. The molecule has 4 rings (SSSR count). The van der Waals surface area contributed by atoms with Crippen LogP contribution >= 0.6 is 0 Å². The number of hydrogen-bond donors (Lipinski definition) is 0. The van der Waals surface area contributed by atoms with Crippen LogP contribution in [-0.2, 0) is 42.0 Å². The monoisotopic (exact) mass is 696 g/mol. The van der Waals surface area contributed by atoms with E-state index < -0.39 is 36.7 Å². The lowest BCUT2D eigenvalue weighted by Crippen LogP contribution is -2.60. The van der Waals surface area contributed by atoms with Crippen molar-refractivity contribution in [2.45, 2.75) is 42.1 Å². The number of rotatable bonds is 6. The molecule has 8 nitrogen and oxygen atoms in total. The summed E-state index contributed by atoms with van der Waals surface area (Å²) in [5.74, 6) is -2.73. The summed E-state index contributed by atoms with van der Waals surface area (Å²) in [6.07, 6.45) is 4.95. The predicted molar refractivity (Wildman–Crippen MR) is 148 cm³/mol. The van der Waals surface area contributed by atoms with Gasteiger partial charge in [0.05, 0.1) is 32.9 Å². The summed E-state index contributed by atoms with van der Waals surface area (Å²) in [5.41, 5.74) is 1.79. The molecule has 0 saturated carbocycles. The number of benzene rings is 2. The van der Waals surface area contributed by atoms with Crippen molar-refractivity contribution in [1.29, 1.82) is 0 Å². The molecule has 2 heterocycles. The highest BCUT2D eigenvalue weighted by molar-refractivity contribution is 8.11. The van der Waals surface area contributed by atoms with Crippen molar-refractivity contribution in [2.75, 3.05) is 23.0 Å². The molecule has 0 unspecified atom stereocenters. The van der Waals surface area contributed by atoms with Gasteiger partial charge >= 0.3 is 26.7 Å². The fourth-order valence-electron chi connectivity index (χ4n) is 3.65. The van der Waals surface area contributed by atoms with Gasteiger partial charge in [0, 0.05) is 0 Å². The van der Waals surface area contributed by atoms with E-state index in [0.717, 1.165) is 34.1 Å². The Balaban J connectivity index is 0.000000227. The molecule has 240 valence electrons. The third-order valence-electron chi connectivity index (χ3n) is 5.97. The SMILES string of the molecule is O=C(c1ccccc1)[S+]1CCCC1.O=C(c1ccccc1)[S+]1CCCC1.O=S(=O)([O-])C(F)(F)C(F)(F)C(F)(F)S(=O)(=O)[O-]. The molecule has 2 aliphatic heterocycles. The molecule has 0 atom stereocenters. The first-order chi connectivity index (χ1) is 19.8. The van der Waals surface area contributed by atoms with Crippen LogP contribution in [0.3, 0.4) is 0 Å². The van der Waals surface area contributed by atoms with Gasteiger partial charge < -0.3 is 9.11 Å². The van der Waals surface area contributed by atoms with Crippen LogP contribution in [0.1, 0.15) is 46.4 Å². The van der Waals surface area contributed by atoms with E-state index in [0.29, 0.717) is 10.2 Å². The number of carbonyl (C=O) groups is 2. The van der Waals surface area contributed by atoms with Crippen molar-refractivity contribution in [2.24, 2.45) is 0 Å². The smallest absolute Gasteiger partial charge is 0.403 e. The van der Waals surface area contributed by atoms with Crippen LogP contribution in [0.15, 0.2) is 60.7 Å². The Morgan fingerprint density at radius 3 is 1.05 bits per heavy atom. The van der Waals surface area contributed by atoms with E-state index in [9.17, 15) is 61.9 Å². The third kappa shape index (κ3) is 8.97. The summed E-state index contributed by atoms with van der Waals surface area (Å²) in [5, 5.41) is -13.2. The van der Waals surface area contributed by atoms with Crippen molar-refractivity contribution in [3.8, 4) is 0 Å². The highest BCUT2D eigenvalue weighted by atomic mass is 32.2. The molecule has 2 saturated heterocycles. The first-order valence-electron chi connectivity index (χ1n) is 12.3. The van der Waals surface area contributed by atoms with Gasteiger partial charge in [-0.1, -0.05) is 36.4 Å². The second kappa shape index (κ2) is 14.8. The van der Waals surface area contributed by atoms with Gasteiger partial charge in [-0.15, -0.1) is 0 Å². The first-order valence-corrected chi connectivity index (χ1v) is 18.3. The van der Waals surface area contributed by atoms with E-state index >= 15 is 0 Å². The number of alkyl halides is 6. The fraction of sp³-hybridized carbons (Fsp3) is 0.440. The van der Waals surface area contributed by atoms with E-state index in [-0.39, 0.29) is 21.8 Å². The van der Waals surface area contributed by atoms with Gasteiger partial charge in [-0.2, -0.15) is 26.3 Å². The van der Waals surface area contributed by atoms with Crippen LogP contribution in [0.25, 0.3) is 0 Å². The van der Waals surface area contributed by atoms with Crippen LogP contribution in [0.5, 0.6) is 0 Å². The zero-order chi connectivity index (χ0) is 32.7. The Kier molecular flexibility index (Phi) is 12.7. The minimum absolute atomic E-state index is 0.0381. The van der Waals surface area contributed by atoms with Crippen LogP contribution in [0.4, 0.5) is 26.3 Å². The zero-order valence-electron chi connectivity index (χ0n) is 22.1. The van der Waals surface area contributed by atoms with E-state index in [2.05, 4.69) is 0 Å². The normalized spacial score (nSPS) is 16.9. The molecule has 0 aromatic heterocycles. The summed E-state index contributed by atoms with van der Waals surface area (Å²) in [4.78, 5) is 23.7. The summed E-state index contributed by atoms with van der Waals surface area (Å²) in [6.45, 7) is 0. The second-order valence-electron chi connectivity index (χ2n) is 9.04. The van der Waals surface area contributed by atoms with E-state index in [4.69, 9.17) is 0 Å². The van der Waals surface area contributed by atoms with Gasteiger partial charge in [0.25, 0.3) is 0 Å². The van der Waals surface area contributed by atoms with Crippen LogP contribution in [-0.4, -0.2) is 75.6 Å². The van der Waals surface area contributed by atoms with Gasteiger partial charge in [0.1, 0.15) is 23.0 Å². The molecule has 0 aliphatic carbocycles.